The highest BCUT2D eigenvalue weighted by molar-refractivity contribution is 5.91. The second-order valence-corrected chi connectivity index (χ2v) is 6.14. The monoisotopic (exact) mass is 357 g/mol. The standard InChI is InChI=1S/C20H27N3O3/c1-3-5-12-23-19(24)11-10-18(22-23)20(25)21-14-16-8-6-7-9-17(16)15-26-13-4-2/h6-11H,3-5,12-15H2,1-2H3,(H,21,25). The molecule has 0 fully saturated rings. The minimum atomic E-state index is -0.292. The molecule has 26 heavy (non-hydrogen) atoms. The van der Waals surface area contributed by atoms with Crippen LogP contribution in [-0.4, -0.2) is 22.3 Å². The molecule has 6 nitrogen and oxygen atoms in total. The first kappa shape index (κ1) is 19.8. The van der Waals surface area contributed by atoms with Crippen molar-refractivity contribution in [1.29, 1.82) is 0 Å². The van der Waals surface area contributed by atoms with Crippen LogP contribution in [0.25, 0.3) is 0 Å². The zero-order chi connectivity index (χ0) is 18.8. The predicted octanol–water partition coefficient (Wildman–Crippen LogP) is 2.90. The molecule has 1 aromatic heterocycles. The highest BCUT2D eigenvalue weighted by Crippen LogP contribution is 2.10. The molecule has 2 rings (SSSR count). The van der Waals surface area contributed by atoms with Gasteiger partial charge in [-0.05, 0) is 30.0 Å². The Kier molecular flexibility index (Phi) is 8.02. The highest BCUT2D eigenvalue weighted by atomic mass is 16.5. The zero-order valence-corrected chi connectivity index (χ0v) is 15.5. The molecule has 0 bridgehead atoms. The number of amides is 1. The maximum absolute atomic E-state index is 12.4. The summed E-state index contributed by atoms with van der Waals surface area (Å²) in [4.78, 5) is 24.2. The Bertz CT molecular complexity index is 771. The zero-order valence-electron chi connectivity index (χ0n) is 15.5. The van der Waals surface area contributed by atoms with Crippen LogP contribution in [0.2, 0.25) is 0 Å². The maximum Gasteiger partial charge on any atom is 0.271 e. The van der Waals surface area contributed by atoms with Crippen molar-refractivity contribution in [1.82, 2.24) is 15.1 Å². The number of hydrogen-bond donors (Lipinski definition) is 1. The summed E-state index contributed by atoms with van der Waals surface area (Å²) in [7, 11) is 0. The molecule has 0 radical (unpaired) electrons. The molecule has 6 heteroatoms. The molecule has 0 spiro atoms. The van der Waals surface area contributed by atoms with E-state index in [4.69, 9.17) is 4.74 Å². The number of aromatic nitrogens is 2. The molecule has 0 atom stereocenters. The van der Waals surface area contributed by atoms with Crippen molar-refractivity contribution in [2.45, 2.75) is 52.8 Å². The first-order valence-electron chi connectivity index (χ1n) is 9.16. The molecule has 0 aliphatic carbocycles. The molecule has 0 unspecified atom stereocenters. The summed E-state index contributed by atoms with van der Waals surface area (Å²) < 4.78 is 6.96. The van der Waals surface area contributed by atoms with Gasteiger partial charge >= 0.3 is 0 Å². The van der Waals surface area contributed by atoms with E-state index < -0.39 is 0 Å². The summed E-state index contributed by atoms with van der Waals surface area (Å²) in [6, 6.07) is 10.7. The molecule has 0 saturated carbocycles. The van der Waals surface area contributed by atoms with Crippen LogP contribution in [0.3, 0.4) is 0 Å². The van der Waals surface area contributed by atoms with Gasteiger partial charge in [0.15, 0.2) is 0 Å². The molecular formula is C20H27N3O3. The van der Waals surface area contributed by atoms with Gasteiger partial charge in [0, 0.05) is 25.8 Å². The minimum absolute atomic E-state index is 0.187. The number of aryl methyl sites for hydroxylation is 1. The van der Waals surface area contributed by atoms with Crippen LogP contribution in [-0.2, 0) is 24.4 Å². The lowest BCUT2D eigenvalue weighted by Gasteiger charge is -2.11. The van der Waals surface area contributed by atoms with Crippen LogP contribution in [0.5, 0.6) is 0 Å². The van der Waals surface area contributed by atoms with E-state index >= 15 is 0 Å². The maximum atomic E-state index is 12.4. The number of nitrogens with zero attached hydrogens (tertiary/aromatic N) is 2. The second-order valence-electron chi connectivity index (χ2n) is 6.14. The molecule has 1 N–H and O–H groups in total. The summed E-state index contributed by atoms with van der Waals surface area (Å²) >= 11 is 0. The summed E-state index contributed by atoms with van der Waals surface area (Å²) in [5, 5.41) is 7.05. The number of ether oxygens (including phenoxy) is 1. The Hall–Kier alpha value is -2.47. The van der Waals surface area contributed by atoms with Crippen molar-refractivity contribution >= 4 is 5.91 Å². The minimum Gasteiger partial charge on any atom is -0.377 e. The van der Waals surface area contributed by atoms with E-state index in [1.54, 1.807) is 0 Å². The summed E-state index contributed by atoms with van der Waals surface area (Å²) in [6.07, 6.45) is 2.78. The summed E-state index contributed by atoms with van der Waals surface area (Å²) in [6.45, 7) is 6.26. The largest absolute Gasteiger partial charge is 0.377 e. The molecule has 1 amide bonds. The Labute approximate surface area is 154 Å². The number of hydrogen-bond acceptors (Lipinski definition) is 4. The van der Waals surface area contributed by atoms with Crippen LogP contribution in [0.4, 0.5) is 0 Å². The number of carbonyl (C=O) groups excluding carboxylic acids is 1. The van der Waals surface area contributed by atoms with Crippen molar-refractivity contribution in [3.05, 3.63) is 63.6 Å². The van der Waals surface area contributed by atoms with Crippen LogP contribution >= 0.6 is 0 Å². The number of carbonyl (C=O) groups is 1. The van der Waals surface area contributed by atoms with Gasteiger partial charge < -0.3 is 10.1 Å². The van der Waals surface area contributed by atoms with Crippen LogP contribution in [0.1, 0.15) is 54.7 Å². The van der Waals surface area contributed by atoms with E-state index in [-0.39, 0.29) is 17.2 Å². The topological polar surface area (TPSA) is 73.2 Å². The first-order valence-corrected chi connectivity index (χ1v) is 9.16. The number of unbranched alkanes of at least 4 members (excludes halogenated alkanes) is 1. The molecule has 2 aromatic rings. The molecule has 1 aromatic carbocycles. The Morgan fingerprint density at radius 1 is 1.12 bits per heavy atom. The van der Waals surface area contributed by atoms with E-state index in [2.05, 4.69) is 17.3 Å². The Morgan fingerprint density at radius 3 is 2.62 bits per heavy atom. The van der Waals surface area contributed by atoms with Crippen molar-refractivity contribution in [3.8, 4) is 0 Å². The van der Waals surface area contributed by atoms with Crippen LogP contribution < -0.4 is 10.9 Å². The molecule has 140 valence electrons. The smallest absolute Gasteiger partial charge is 0.271 e. The second kappa shape index (κ2) is 10.5. The summed E-state index contributed by atoms with van der Waals surface area (Å²) in [5.74, 6) is -0.292. The lowest BCUT2D eigenvalue weighted by atomic mass is 10.1. The predicted molar refractivity (Wildman–Crippen MR) is 101 cm³/mol. The summed E-state index contributed by atoms with van der Waals surface area (Å²) in [5.41, 5.74) is 2.13. The van der Waals surface area contributed by atoms with Gasteiger partial charge in [0.25, 0.3) is 11.5 Å². The average molecular weight is 357 g/mol. The molecule has 0 saturated heterocycles. The van der Waals surface area contributed by atoms with Gasteiger partial charge in [-0.25, -0.2) is 4.68 Å². The lowest BCUT2D eigenvalue weighted by Crippen LogP contribution is -2.29. The fraction of sp³-hybridized carbons (Fsp3) is 0.450. The molecule has 0 aliphatic rings. The van der Waals surface area contributed by atoms with Gasteiger partial charge in [-0.15, -0.1) is 0 Å². The van der Waals surface area contributed by atoms with E-state index in [0.29, 0.717) is 26.3 Å². The van der Waals surface area contributed by atoms with Crippen LogP contribution in [0, 0.1) is 0 Å². The third kappa shape index (κ3) is 5.81. The van der Waals surface area contributed by atoms with Crippen molar-refractivity contribution in [2.75, 3.05) is 6.61 Å². The Balaban J connectivity index is 2.01. The molecule has 0 aliphatic heterocycles. The van der Waals surface area contributed by atoms with E-state index in [1.165, 1.54) is 16.8 Å². The van der Waals surface area contributed by atoms with Crippen LogP contribution in [0.15, 0.2) is 41.2 Å². The lowest BCUT2D eigenvalue weighted by molar-refractivity contribution is 0.0941. The van der Waals surface area contributed by atoms with Gasteiger partial charge in [0.1, 0.15) is 5.69 Å². The fourth-order valence-electron chi connectivity index (χ4n) is 2.50. The molecular weight excluding hydrogens is 330 g/mol. The quantitative estimate of drug-likeness (QED) is 0.664. The highest BCUT2D eigenvalue weighted by Gasteiger charge is 2.10. The van der Waals surface area contributed by atoms with Gasteiger partial charge in [-0.2, -0.15) is 5.10 Å². The number of rotatable bonds is 10. The van der Waals surface area contributed by atoms with Crippen molar-refractivity contribution in [2.24, 2.45) is 0 Å². The SMILES string of the molecule is CCCCn1nc(C(=O)NCc2ccccc2COCCC)ccc1=O. The van der Waals surface area contributed by atoms with Crippen molar-refractivity contribution < 1.29 is 9.53 Å². The number of nitrogens with one attached hydrogen (secondary N) is 1. The van der Waals surface area contributed by atoms with E-state index in [0.717, 1.165) is 30.4 Å². The van der Waals surface area contributed by atoms with Gasteiger partial charge in [0.2, 0.25) is 0 Å². The average Bonchev–Trinajstić information content (AvgIpc) is 2.66. The van der Waals surface area contributed by atoms with Crippen molar-refractivity contribution in [3.63, 3.8) is 0 Å². The van der Waals surface area contributed by atoms with E-state index in [9.17, 15) is 9.59 Å². The Morgan fingerprint density at radius 2 is 1.88 bits per heavy atom. The fourth-order valence-corrected chi connectivity index (χ4v) is 2.50. The van der Waals surface area contributed by atoms with Gasteiger partial charge in [-0.1, -0.05) is 44.5 Å². The van der Waals surface area contributed by atoms with Gasteiger partial charge in [-0.3, -0.25) is 9.59 Å². The first-order chi connectivity index (χ1) is 12.7. The third-order valence-electron chi connectivity index (χ3n) is 3.99. The third-order valence-corrected chi connectivity index (χ3v) is 3.99. The van der Waals surface area contributed by atoms with Gasteiger partial charge in [0.05, 0.1) is 6.61 Å². The normalized spacial score (nSPS) is 10.7. The van der Waals surface area contributed by atoms with E-state index in [1.807, 2.05) is 31.2 Å². The number of benzene rings is 1. The molecule has 1 heterocycles.